The van der Waals surface area contributed by atoms with E-state index in [1.807, 2.05) is 19.9 Å². The van der Waals surface area contributed by atoms with Crippen LogP contribution in [-0.2, 0) is 7.05 Å². The van der Waals surface area contributed by atoms with Crippen LogP contribution in [0.3, 0.4) is 0 Å². The molecule has 1 aliphatic rings. The zero-order chi connectivity index (χ0) is 18.8. The first-order valence-electron chi connectivity index (χ1n) is 8.22. The Bertz CT molecular complexity index is 1170. The topological polar surface area (TPSA) is 80.9 Å². The molecular weight excluding hydrogens is 334 g/mol. The summed E-state index contributed by atoms with van der Waals surface area (Å²) < 4.78 is 12.8. The lowest BCUT2D eigenvalue weighted by Crippen LogP contribution is -2.27. The minimum atomic E-state index is -0.520. The smallest absolute Gasteiger partial charge is 0.201 e. The summed E-state index contributed by atoms with van der Waals surface area (Å²) in [5, 5.41) is 21.8. The van der Waals surface area contributed by atoms with Crippen LogP contribution in [-0.4, -0.2) is 27.5 Å². The number of phenolic OH excluding ortho intramolecular Hbond substituents is 2. The Labute approximate surface area is 149 Å². The van der Waals surface area contributed by atoms with Gasteiger partial charge < -0.3 is 24.3 Å². The van der Waals surface area contributed by atoms with Gasteiger partial charge in [-0.2, -0.15) is 0 Å². The van der Waals surface area contributed by atoms with E-state index in [9.17, 15) is 15.0 Å². The minimum absolute atomic E-state index is 0.121. The third-order valence-electron chi connectivity index (χ3n) is 4.81. The second-order valence-corrected chi connectivity index (χ2v) is 6.97. The van der Waals surface area contributed by atoms with Gasteiger partial charge in [0.15, 0.2) is 11.5 Å². The molecule has 6 heteroatoms. The normalized spacial score (nSPS) is 15.1. The Morgan fingerprint density at radius 3 is 2.62 bits per heavy atom. The van der Waals surface area contributed by atoms with Crippen LogP contribution in [0, 0.1) is 0 Å². The van der Waals surface area contributed by atoms with Gasteiger partial charge in [-0.3, -0.25) is 4.79 Å². The first kappa shape index (κ1) is 16.3. The van der Waals surface area contributed by atoms with Crippen LogP contribution in [0.5, 0.6) is 23.0 Å². The molecule has 6 nitrogen and oxygen atoms in total. The van der Waals surface area contributed by atoms with Crippen molar-refractivity contribution < 1.29 is 19.7 Å². The highest BCUT2D eigenvalue weighted by Crippen LogP contribution is 2.42. The molecule has 1 aliphatic heterocycles. The molecule has 26 heavy (non-hydrogen) atoms. The zero-order valence-electron chi connectivity index (χ0n) is 15.0. The van der Waals surface area contributed by atoms with Crippen molar-refractivity contribution in [3.8, 4) is 23.0 Å². The summed E-state index contributed by atoms with van der Waals surface area (Å²) in [6.07, 6.45) is 3.60. The number of aryl methyl sites for hydroxylation is 1. The fourth-order valence-electron chi connectivity index (χ4n) is 3.49. The lowest BCUT2D eigenvalue weighted by molar-refractivity contribution is 0.158. The maximum atomic E-state index is 13.0. The van der Waals surface area contributed by atoms with Crippen LogP contribution < -0.4 is 14.9 Å². The lowest BCUT2D eigenvalue weighted by atomic mass is 9.98. The van der Waals surface area contributed by atoms with Gasteiger partial charge in [0.2, 0.25) is 5.43 Å². The van der Waals surface area contributed by atoms with Gasteiger partial charge in [0.05, 0.1) is 34.5 Å². The van der Waals surface area contributed by atoms with Crippen LogP contribution in [0.2, 0.25) is 0 Å². The summed E-state index contributed by atoms with van der Waals surface area (Å²) in [4.78, 5) is 13.0. The van der Waals surface area contributed by atoms with E-state index in [-0.39, 0.29) is 28.1 Å². The number of aromatic hydroxyl groups is 2. The molecule has 0 amide bonds. The van der Waals surface area contributed by atoms with E-state index in [0.29, 0.717) is 27.7 Å². The Morgan fingerprint density at radius 1 is 1.19 bits per heavy atom. The molecule has 1 aromatic heterocycles. The van der Waals surface area contributed by atoms with Gasteiger partial charge >= 0.3 is 0 Å². The van der Waals surface area contributed by atoms with Gasteiger partial charge in [0, 0.05) is 13.1 Å². The molecule has 0 spiro atoms. The number of methoxy groups -OCH3 is 1. The quantitative estimate of drug-likeness (QED) is 0.656. The van der Waals surface area contributed by atoms with E-state index in [2.05, 4.69) is 0 Å². The van der Waals surface area contributed by atoms with Crippen molar-refractivity contribution in [2.45, 2.75) is 19.4 Å². The van der Waals surface area contributed by atoms with Crippen LogP contribution in [0.4, 0.5) is 0 Å². The van der Waals surface area contributed by atoms with Gasteiger partial charge in [0.25, 0.3) is 0 Å². The molecule has 2 heterocycles. The van der Waals surface area contributed by atoms with Crippen LogP contribution >= 0.6 is 0 Å². The minimum Gasteiger partial charge on any atom is -0.506 e. The SMILES string of the molecule is COc1ccc2c(=O)c3c(O)c4c(cc3n(C)c2c1O)OC(C)(C)C=C4. The van der Waals surface area contributed by atoms with Crippen molar-refractivity contribution in [3.05, 3.63) is 40.1 Å². The predicted octanol–water partition coefficient (Wildman–Crippen LogP) is 3.30. The molecule has 0 saturated carbocycles. The van der Waals surface area contributed by atoms with E-state index < -0.39 is 5.60 Å². The summed E-state index contributed by atoms with van der Waals surface area (Å²) in [5.41, 5.74) is 0.407. The molecule has 0 unspecified atom stereocenters. The average Bonchev–Trinajstić information content (AvgIpc) is 2.58. The number of rotatable bonds is 1. The standard InChI is InChI=1S/C20H19NO5/c1-20(2)8-7-10-14(26-20)9-12-15(17(10)22)18(23)11-5-6-13(25-4)19(24)16(11)21(12)3/h5-9,22,24H,1-4H3. The van der Waals surface area contributed by atoms with Crippen molar-refractivity contribution in [2.75, 3.05) is 7.11 Å². The fourth-order valence-corrected chi connectivity index (χ4v) is 3.49. The van der Waals surface area contributed by atoms with Crippen molar-refractivity contribution in [3.63, 3.8) is 0 Å². The molecule has 0 fully saturated rings. The van der Waals surface area contributed by atoms with Crippen LogP contribution in [0.25, 0.3) is 27.9 Å². The summed E-state index contributed by atoms with van der Waals surface area (Å²) >= 11 is 0. The summed E-state index contributed by atoms with van der Waals surface area (Å²) in [5.74, 6) is 0.514. The molecular formula is C20H19NO5. The molecule has 0 bridgehead atoms. The summed E-state index contributed by atoms with van der Waals surface area (Å²) in [6, 6.07) is 4.84. The summed E-state index contributed by atoms with van der Waals surface area (Å²) in [6.45, 7) is 3.81. The molecule has 0 aliphatic carbocycles. The van der Waals surface area contributed by atoms with Crippen molar-refractivity contribution >= 4 is 27.9 Å². The van der Waals surface area contributed by atoms with Crippen molar-refractivity contribution in [2.24, 2.45) is 7.05 Å². The monoisotopic (exact) mass is 353 g/mol. The molecule has 2 aromatic carbocycles. The van der Waals surface area contributed by atoms with E-state index in [1.54, 1.807) is 29.8 Å². The molecule has 3 aromatic rings. The van der Waals surface area contributed by atoms with Crippen molar-refractivity contribution in [1.82, 2.24) is 4.57 Å². The average molecular weight is 353 g/mol. The Hall–Kier alpha value is -3.15. The fraction of sp³-hybridized carbons (Fsp3) is 0.250. The van der Waals surface area contributed by atoms with E-state index >= 15 is 0 Å². The predicted molar refractivity (Wildman–Crippen MR) is 100 cm³/mol. The molecule has 2 N–H and O–H groups in total. The third kappa shape index (κ3) is 2.08. The number of hydrogen-bond donors (Lipinski definition) is 2. The van der Waals surface area contributed by atoms with Gasteiger partial charge in [-0.05, 0) is 38.1 Å². The molecule has 4 rings (SSSR count). The van der Waals surface area contributed by atoms with E-state index in [1.165, 1.54) is 13.2 Å². The Morgan fingerprint density at radius 2 is 1.92 bits per heavy atom. The highest BCUT2D eigenvalue weighted by atomic mass is 16.5. The second-order valence-electron chi connectivity index (χ2n) is 6.97. The zero-order valence-corrected chi connectivity index (χ0v) is 15.0. The molecule has 0 atom stereocenters. The highest BCUT2D eigenvalue weighted by Gasteiger charge is 2.27. The maximum Gasteiger partial charge on any atom is 0.201 e. The number of fused-ring (bicyclic) bond motifs is 3. The van der Waals surface area contributed by atoms with E-state index in [4.69, 9.17) is 9.47 Å². The number of hydrogen-bond acceptors (Lipinski definition) is 5. The second kappa shape index (κ2) is 5.17. The number of pyridine rings is 1. The Balaban J connectivity index is 2.21. The molecule has 0 radical (unpaired) electrons. The van der Waals surface area contributed by atoms with Crippen LogP contribution in [0.15, 0.2) is 29.1 Å². The molecule has 0 saturated heterocycles. The summed E-state index contributed by atoms with van der Waals surface area (Å²) in [7, 11) is 3.17. The lowest BCUT2D eigenvalue weighted by Gasteiger charge is -2.29. The van der Waals surface area contributed by atoms with Crippen molar-refractivity contribution in [1.29, 1.82) is 0 Å². The first-order chi connectivity index (χ1) is 12.2. The third-order valence-corrected chi connectivity index (χ3v) is 4.81. The van der Waals surface area contributed by atoms with Crippen LogP contribution in [0.1, 0.15) is 19.4 Å². The van der Waals surface area contributed by atoms with Gasteiger partial charge in [-0.1, -0.05) is 0 Å². The van der Waals surface area contributed by atoms with Gasteiger partial charge in [-0.15, -0.1) is 0 Å². The number of aromatic nitrogens is 1. The number of phenols is 2. The molecule has 134 valence electrons. The number of benzene rings is 2. The number of ether oxygens (including phenoxy) is 2. The maximum absolute atomic E-state index is 13.0. The Kier molecular flexibility index (Phi) is 3.25. The van der Waals surface area contributed by atoms with E-state index in [0.717, 1.165) is 0 Å². The van der Waals surface area contributed by atoms with Gasteiger partial charge in [-0.25, -0.2) is 0 Å². The first-order valence-corrected chi connectivity index (χ1v) is 8.22. The van der Waals surface area contributed by atoms with Gasteiger partial charge in [0.1, 0.15) is 17.1 Å². The number of nitrogens with zero attached hydrogens (tertiary/aromatic N) is 1. The largest absolute Gasteiger partial charge is 0.506 e. The highest BCUT2D eigenvalue weighted by molar-refractivity contribution is 6.01.